The summed E-state index contributed by atoms with van der Waals surface area (Å²) < 4.78 is 1.44. The van der Waals surface area contributed by atoms with E-state index in [2.05, 4.69) is 10.2 Å². The van der Waals surface area contributed by atoms with Crippen molar-refractivity contribution in [2.75, 3.05) is 0 Å². The largest absolute Gasteiger partial charge is 0.343 e. The van der Waals surface area contributed by atoms with Crippen LogP contribution in [0.1, 0.15) is 5.56 Å². The molecule has 0 bridgehead atoms. The van der Waals surface area contributed by atoms with Gasteiger partial charge in [0.05, 0.1) is 0 Å². The number of aromatic nitrogens is 3. The molecule has 0 atom stereocenters. The van der Waals surface area contributed by atoms with Crippen LogP contribution in [0.25, 0.3) is 0 Å². The number of benzene rings is 1. The second-order valence-corrected chi connectivity index (χ2v) is 4.87. The lowest BCUT2D eigenvalue weighted by Gasteiger charge is -2.06. The number of hydrogen-bond acceptors (Lipinski definition) is 4. The van der Waals surface area contributed by atoms with Gasteiger partial charge in [0.2, 0.25) is 0 Å². The van der Waals surface area contributed by atoms with Gasteiger partial charge in [-0.1, -0.05) is 11.6 Å². The molecular formula is C10H11ClN4OS. The third-order valence-corrected chi connectivity index (χ3v) is 3.68. The number of halogens is 1. The maximum absolute atomic E-state index is 11.2. The molecule has 2 rings (SSSR count). The summed E-state index contributed by atoms with van der Waals surface area (Å²) in [4.78, 5) is 12.2. The lowest BCUT2D eigenvalue weighted by Crippen LogP contribution is -2.12. The third-order valence-electron chi connectivity index (χ3n) is 2.28. The van der Waals surface area contributed by atoms with Gasteiger partial charge in [-0.05, 0) is 35.5 Å². The smallest absolute Gasteiger partial charge is 0.326 e. The van der Waals surface area contributed by atoms with Crippen LogP contribution >= 0.6 is 23.4 Å². The zero-order valence-corrected chi connectivity index (χ0v) is 10.7. The molecule has 0 radical (unpaired) electrons. The topological polar surface area (TPSA) is 76.7 Å². The van der Waals surface area contributed by atoms with E-state index in [-0.39, 0.29) is 5.69 Å². The SMILES string of the molecule is Cn1c(Sc2ccc(Cl)cc2CN)n[nH]c1=O. The lowest BCUT2D eigenvalue weighted by molar-refractivity contribution is 0.765. The minimum atomic E-state index is -0.240. The van der Waals surface area contributed by atoms with Gasteiger partial charge < -0.3 is 5.73 Å². The average Bonchev–Trinajstić information content (AvgIpc) is 2.63. The number of nitrogens with two attached hydrogens (primary N) is 1. The molecule has 1 aromatic carbocycles. The zero-order chi connectivity index (χ0) is 12.4. The van der Waals surface area contributed by atoms with Crippen molar-refractivity contribution in [2.45, 2.75) is 16.6 Å². The van der Waals surface area contributed by atoms with Crippen LogP contribution in [0.4, 0.5) is 0 Å². The van der Waals surface area contributed by atoms with Crippen LogP contribution < -0.4 is 11.4 Å². The average molecular weight is 271 g/mol. The number of H-pyrrole nitrogens is 1. The van der Waals surface area contributed by atoms with Crippen molar-refractivity contribution in [2.24, 2.45) is 12.8 Å². The number of aromatic amines is 1. The molecule has 7 heteroatoms. The van der Waals surface area contributed by atoms with Crippen molar-refractivity contribution in [3.05, 3.63) is 39.3 Å². The van der Waals surface area contributed by atoms with Crippen LogP contribution in [0.3, 0.4) is 0 Å². The van der Waals surface area contributed by atoms with Crippen LogP contribution in [0.2, 0.25) is 5.02 Å². The molecular weight excluding hydrogens is 260 g/mol. The van der Waals surface area contributed by atoms with E-state index in [0.29, 0.717) is 16.7 Å². The summed E-state index contributed by atoms with van der Waals surface area (Å²) in [5, 5.41) is 7.54. The normalized spacial score (nSPS) is 10.8. The van der Waals surface area contributed by atoms with Gasteiger partial charge in [0, 0.05) is 23.5 Å². The molecule has 0 aliphatic rings. The summed E-state index contributed by atoms with van der Waals surface area (Å²) in [6.45, 7) is 0.390. The van der Waals surface area contributed by atoms with Crippen molar-refractivity contribution in [3.63, 3.8) is 0 Å². The molecule has 17 heavy (non-hydrogen) atoms. The number of rotatable bonds is 3. The first-order valence-electron chi connectivity index (χ1n) is 4.89. The van der Waals surface area contributed by atoms with Gasteiger partial charge in [-0.3, -0.25) is 4.57 Å². The fourth-order valence-corrected chi connectivity index (χ4v) is 2.44. The Morgan fingerprint density at radius 1 is 1.59 bits per heavy atom. The Morgan fingerprint density at radius 2 is 2.35 bits per heavy atom. The van der Waals surface area contributed by atoms with Gasteiger partial charge in [-0.15, -0.1) is 5.10 Å². The molecule has 0 aliphatic carbocycles. The monoisotopic (exact) mass is 270 g/mol. The van der Waals surface area contributed by atoms with E-state index in [0.717, 1.165) is 10.5 Å². The van der Waals surface area contributed by atoms with E-state index >= 15 is 0 Å². The van der Waals surface area contributed by atoms with Crippen molar-refractivity contribution in [3.8, 4) is 0 Å². The number of nitrogens with zero attached hydrogens (tertiary/aromatic N) is 2. The number of hydrogen-bond donors (Lipinski definition) is 2. The number of nitrogens with one attached hydrogen (secondary N) is 1. The summed E-state index contributed by atoms with van der Waals surface area (Å²) in [5.41, 5.74) is 6.34. The fourth-order valence-electron chi connectivity index (χ4n) is 1.33. The van der Waals surface area contributed by atoms with E-state index in [1.165, 1.54) is 16.3 Å². The molecule has 0 aliphatic heterocycles. The highest BCUT2D eigenvalue weighted by Gasteiger charge is 2.09. The molecule has 1 aromatic heterocycles. The third kappa shape index (κ3) is 2.54. The first-order chi connectivity index (χ1) is 8.11. The predicted octanol–water partition coefficient (Wildman–Crippen LogP) is 1.37. The van der Waals surface area contributed by atoms with Gasteiger partial charge in [0.25, 0.3) is 0 Å². The Labute approximate surface area is 107 Å². The Kier molecular flexibility index (Phi) is 3.56. The molecule has 0 fully saturated rings. The molecule has 0 saturated heterocycles. The predicted molar refractivity (Wildman–Crippen MR) is 67.3 cm³/mol. The second-order valence-electron chi connectivity index (χ2n) is 3.43. The van der Waals surface area contributed by atoms with Gasteiger partial charge in [0.1, 0.15) is 0 Å². The van der Waals surface area contributed by atoms with Crippen molar-refractivity contribution in [1.29, 1.82) is 0 Å². The van der Waals surface area contributed by atoms with Crippen LogP contribution in [0.15, 0.2) is 33.0 Å². The highest BCUT2D eigenvalue weighted by atomic mass is 35.5. The van der Waals surface area contributed by atoms with E-state index < -0.39 is 0 Å². The minimum absolute atomic E-state index is 0.240. The standard InChI is InChI=1S/C10H11ClN4OS/c1-15-9(16)13-14-10(15)17-8-3-2-7(11)4-6(8)5-12/h2-4H,5,12H2,1H3,(H,13,16). The lowest BCUT2D eigenvalue weighted by atomic mass is 10.2. The van der Waals surface area contributed by atoms with E-state index in [1.807, 2.05) is 12.1 Å². The molecule has 5 nitrogen and oxygen atoms in total. The molecule has 1 heterocycles. The van der Waals surface area contributed by atoms with Crippen molar-refractivity contribution < 1.29 is 0 Å². The van der Waals surface area contributed by atoms with Crippen LogP contribution in [0.5, 0.6) is 0 Å². The fraction of sp³-hybridized carbons (Fsp3) is 0.200. The highest BCUT2D eigenvalue weighted by molar-refractivity contribution is 7.99. The maximum atomic E-state index is 11.2. The van der Waals surface area contributed by atoms with Gasteiger partial charge in [-0.25, -0.2) is 9.89 Å². The zero-order valence-electron chi connectivity index (χ0n) is 9.11. The summed E-state index contributed by atoms with van der Waals surface area (Å²) >= 11 is 7.27. The molecule has 0 amide bonds. The summed E-state index contributed by atoms with van der Waals surface area (Å²) in [6, 6.07) is 5.47. The molecule has 0 saturated carbocycles. The summed E-state index contributed by atoms with van der Waals surface area (Å²) in [5.74, 6) is 0. The Bertz CT molecular complexity index is 592. The van der Waals surface area contributed by atoms with E-state index in [4.69, 9.17) is 17.3 Å². The highest BCUT2D eigenvalue weighted by Crippen LogP contribution is 2.29. The summed E-state index contributed by atoms with van der Waals surface area (Å²) in [6.07, 6.45) is 0. The first-order valence-corrected chi connectivity index (χ1v) is 6.09. The summed E-state index contributed by atoms with van der Waals surface area (Å²) in [7, 11) is 1.66. The molecule has 0 unspecified atom stereocenters. The van der Waals surface area contributed by atoms with Gasteiger partial charge in [0.15, 0.2) is 5.16 Å². The first kappa shape index (κ1) is 12.2. The van der Waals surface area contributed by atoms with Crippen LogP contribution in [-0.2, 0) is 13.6 Å². The molecule has 0 spiro atoms. The Balaban J connectivity index is 2.36. The molecule has 90 valence electrons. The van der Waals surface area contributed by atoms with Crippen molar-refractivity contribution in [1.82, 2.24) is 14.8 Å². The van der Waals surface area contributed by atoms with Gasteiger partial charge >= 0.3 is 5.69 Å². The van der Waals surface area contributed by atoms with E-state index in [1.54, 1.807) is 13.1 Å². The Hall–Kier alpha value is -1.24. The van der Waals surface area contributed by atoms with E-state index in [9.17, 15) is 4.79 Å². The van der Waals surface area contributed by atoms with Crippen molar-refractivity contribution >= 4 is 23.4 Å². The second kappa shape index (κ2) is 4.95. The quantitative estimate of drug-likeness (QED) is 0.883. The Morgan fingerprint density at radius 3 is 2.94 bits per heavy atom. The maximum Gasteiger partial charge on any atom is 0.343 e. The molecule has 3 N–H and O–H groups in total. The van der Waals surface area contributed by atoms with Crippen LogP contribution in [0, 0.1) is 0 Å². The van der Waals surface area contributed by atoms with Crippen LogP contribution in [-0.4, -0.2) is 14.8 Å². The molecule has 2 aromatic rings. The van der Waals surface area contributed by atoms with Gasteiger partial charge in [-0.2, -0.15) is 0 Å². The minimum Gasteiger partial charge on any atom is -0.326 e.